The summed E-state index contributed by atoms with van der Waals surface area (Å²) in [4.78, 5) is 4.20. The zero-order valence-corrected chi connectivity index (χ0v) is 12.4. The van der Waals surface area contributed by atoms with Crippen LogP contribution in [-0.4, -0.2) is 28.4 Å². The molecular formula is C14H21BN2O3. The molecule has 20 heavy (non-hydrogen) atoms. The first-order valence-electron chi connectivity index (χ1n) is 6.64. The monoisotopic (exact) mass is 276 g/mol. The summed E-state index contributed by atoms with van der Waals surface area (Å²) in [7, 11) is -0.418. The van der Waals surface area contributed by atoms with Crippen molar-refractivity contribution in [3.63, 3.8) is 0 Å². The number of aromatic nitrogens is 1. The summed E-state index contributed by atoms with van der Waals surface area (Å²) in [6.45, 7) is 7.94. The van der Waals surface area contributed by atoms with Crippen molar-refractivity contribution < 1.29 is 14.4 Å². The summed E-state index contributed by atoms with van der Waals surface area (Å²) in [5.74, 6) is 1.80. The van der Waals surface area contributed by atoms with Crippen LogP contribution in [0.15, 0.2) is 18.2 Å². The molecule has 1 fully saturated rings. The molecule has 1 saturated heterocycles. The van der Waals surface area contributed by atoms with E-state index in [1.807, 2.05) is 27.7 Å². The van der Waals surface area contributed by atoms with Crippen molar-refractivity contribution in [1.82, 2.24) is 4.98 Å². The summed E-state index contributed by atoms with van der Waals surface area (Å²) in [5.41, 5.74) is 7.01. The van der Waals surface area contributed by atoms with Gasteiger partial charge in [-0.2, -0.15) is 0 Å². The number of anilines is 1. The second-order valence-electron chi connectivity index (χ2n) is 5.96. The molecule has 6 heteroatoms. The van der Waals surface area contributed by atoms with Gasteiger partial charge in [-0.25, -0.2) is 0 Å². The van der Waals surface area contributed by atoms with Gasteiger partial charge in [-0.15, -0.1) is 0 Å². The molecule has 0 aromatic carbocycles. The molecule has 0 spiro atoms. The van der Waals surface area contributed by atoms with Crippen LogP contribution in [0.3, 0.4) is 0 Å². The maximum atomic E-state index is 9.02. The second kappa shape index (κ2) is 5.20. The van der Waals surface area contributed by atoms with Crippen LogP contribution in [0.5, 0.6) is 0 Å². The van der Waals surface area contributed by atoms with Gasteiger partial charge in [0.1, 0.15) is 0 Å². The molecule has 0 atom stereocenters. The van der Waals surface area contributed by atoms with Gasteiger partial charge in [-0.05, 0) is 45.4 Å². The van der Waals surface area contributed by atoms with Gasteiger partial charge in [0.25, 0.3) is 0 Å². The van der Waals surface area contributed by atoms with E-state index >= 15 is 0 Å². The van der Waals surface area contributed by atoms with Crippen molar-refractivity contribution in [2.45, 2.75) is 45.5 Å². The Morgan fingerprint density at radius 1 is 1.30 bits per heavy atom. The molecule has 1 aliphatic rings. The average molecular weight is 276 g/mol. The lowest BCUT2D eigenvalue weighted by molar-refractivity contribution is 0.00578. The van der Waals surface area contributed by atoms with Crippen molar-refractivity contribution in [2.24, 2.45) is 0 Å². The van der Waals surface area contributed by atoms with Crippen LogP contribution < -0.4 is 5.73 Å². The van der Waals surface area contributed by atoms with E-state index in [1.54, 1.807) is 24.3 Å². The van der Waals surface area contributed by atoms with Gasteiger partial charge in [-0.3, -0.25) is 4.98 Å². The predicted molar refractivity (Wildman–Crippen MR) is 79.7 cm³/mol. The molecule has 2 heterocycles. The van der Waals surface area contributed by atoms with Crippen LogP contribution in [-0.2, 0) is 15.9 Å². The van der Waals surface area contributed by atoms with Crippen LogP contribution in [0.4, 0.5) is 5.69 Å². The average Bonchev–Trinajstić information content (AvgIpc) is 2.56. The Balaban J connectivity index is 2.12. The van der Waals surface area contributed by atoms with Crippen molar-refractivity contribution in [3.05, 3.63) is 29.5 Å². The lowest BCUT2D eigenvalue weighted by atomic mass is 9.89. The molecule has 1 aromatic rings. The molecular weight excluding hydrogens is 255 g/mol. The first-order valence-corrected chi connectivity index (χ1v) is 6.64. The van der Waals surface area contributed by atoms with Crippen LogP contribution in [0.1, 0.15) is 39.0 Å². The number of nitrogens with zero attached hydrogens (tertiary/aromatic N) is 1. The standard InChI is InChI=1S/C14H21BN2O3/c1-13(2)14(3,4)20-15(19-13)6-5-12-11(16)7-10(9-18)8-17-12/h5-8,18H,9,16H2,1-4H3/b6-5+. The molecule has 0 saturated carbocycles. The molecule has 2 rings (SSSR count). The SMILES string of the molecule is CC1(C)OB(/C=C/c2ncc(CO)cc2N)OC1(C)C. The highest BCUT2D eigenvalue weighted by Crippen LogP contribution is 2.37. The molecule has 0 aliphatic carbocycles. The Morgan fingerprint density at radius 2 is 1.90 bits per heavy atom. The van der Waals surface area contributed by atoms with E-state index in [0.29, 0.717) is 16.9 Å². The largest absolute Gasteiger partial charge is 0.487 e. The van der Waals surface area contributed by atoms with Gasteiger partial charge in [0, 0.05) is 6.20 Å². The molecule has 0 amide bonds. The molecule has 0 radical (unpaired) electrons. The number of nitrogens with two attached hydrogens (primary N) is 1. The minimum absolute atomic E-state index is 0.0710. The summed E-state index contributed by atoms with van der Waals surface area (Å²) in [6, 6.07) is 1.71. The van der Waals surface area contributed by atoms with Crippen LogP contribution in [0.2, 0.25) is 0 Å². The highest BCUT2D eigenvalue weighted by atomic mass is 16.7. The third-order valence-electron chi connectivity index (χ3n) is 3.87. The third kappa shape index (κ3) is 2.87. The number of hydrogen-bond donors (Lipinski definition) is 2. The number of aliphatic hydroxyl groups excluding tert-OH is 1. The summed E-state index contributed by atoms with van der Waals surface area (Å²) in [6.07, 6.45) is 3.37. The minimum Gasteiger partial charge on any atom is -0.400 e. The van der Waals surface area contributed by atoms with Crippen LogP contribution >= 0.6 is 0 Å². The number of nitrogen functional groups attached to an aromatic ring is 1. The number of aliphatic hydroxyl groups is 1. The Bertz CT molecular complexity index is 513. The van der Waals surface area contributed by atoms with E-state index < -0.39 is 7.12 Å². The van der Waals surface area contributed by atoms with Crippen molar-refractivity contribution in [2.75, 3.05) is 5.73 Å². The molecule has 108 valence electrons. The van der Waals surface area contributed by atoms with Gasteiger partial charge < -0.3 is 20.1 Å². The Labute approximate surface area is 119 Å². The maximum absolute atomic E-state index is 9.02. The Hall–Kier alpha value is -1.37. The van der Waals surface area contributed by atoms with E-state index in [0.717, 1.165) is 0 Å². The zero-order chi connectivity index (χ0) is 15.0. The number of rotatable bonds is 3. The fourth-order valence-corrected chi connectivity index (χ4v) is 1.90. The van der Waals surface area contributed by atoms with E-state index in [2.05, 4.69) is 4.98 Å². The van der Waals surface area contributed by atoms with Gasteiger partial charge in [0.05, 0.1) is 29.2 Å². The van der Waals surface area contributed by atoms with Crippen LogP contribution in [0.25, 0.3) is 6.08 Å². The van der Waals surface area contributed by atoms with E-state index in [4.69, 9.17) is 20.1 Å². The Kier molecular flexibility index (Phi) is 3.91. The molecule has 0 bridgehead atoms. The molecule has 0 unspecified atom stereocenters. The topological polar surface area (TPSA) is 77.6 Å². The predicted octanol–water partition coefficient (Wildman–Crippen LogP) is 1.80. The van der Waals surface area contributed by atoms with Crippen molar-refractivity contribution in [3.8, 4) is 0 Å². The van der Waals surface area contributed by atoms with E-state index in [9.17, 15) is 0 Å². The summed E-state index contributed by atoms with van der Waals surface area (Å²) < 4.78 is 11.7. The van der Waals surface area contributed by atoms with Gasteiger partial charge in [0.2, 0.25) is 0 Å². The molecule has 1 aromatic heterocycles. The Morgan fingerprint density at radius 3 is 2.40 bits per heavy atom. The molecule has 1 aliphatic heterocycles. The molecule has 5 nitrogen and oxygen atoms in total. The summed E-state index contributed by atoms with van der Waals surface area (Å²) in [5, 5.41) is 9.02. The molecule has 3 N–H and O–H groups in total. The zero-order valence-electron chi connectivity index (χ0n) is 12.4. The minimum atomic E-state index is -0.418. The van der Waals surface area contributed by atoms with E-state index in [-0.39, 0.29) is 17.8 Å². The second-order valence-corrected chi connectivity index (χ2v) is 5.96. The fraction of sp³-hybridized carbons (Fsp3) is 0.500. The van der Waals surface area contributed by atoms with Gasteiger partial charge in [-0.1, -0.05) is 5.98 Å². The smallest absolute Gasteiger partial charge is 0.400 e. The fourth-order valence-electron chi connectivity index (χ4n) is 1.90. The number of hydrogen-bond acceptors (Lipinski definition) is 5. The van der Waals surface area contributed by atoms with E-state index in [1.165, 1.54) is 0 Å². The van der Waals surface area contributed by atoms with Crippen molar-refractivity contribution >= 4 is 18.9 Å². The summed E-state index contributed by atoms with van der Waals surface area (Å²) >= 11 is 0. The third-order valence-corrected chi connectivity index (χ3v) is 3.87. The lowest BCUT2D eigenvalue weighted by Crippen LogP contribution is -2.41. The van der Waals surface area contributed by atoms with Crippen molar-refractivity contribution in [1.29, 1.82) is 0 Å². The van der Waals surface area contributed by atoms with Gasteiger partial charge >= 0.3 is 7.12 Å². The van der Waals surface area contributed by atoms with Gasteiger partial charge in [0.15, 0.2) is 0 Å². The quantitative estimate of drug-likeness (QED) is 0.823. The number of pyridine rings is 1. The highest BCUT2D eigenvalue weighted by molar-refractivity contribution is 6.52. The normalized spacial score (nSPS) is 20.8. The van der Waals surface area contributed by atoms with Crippen LogP contribution in [0, 0.1) is 0 Å². The lowest BCUT2D eigenvalue weighted by Gasteiger charge is -2.32. The first kappa shape index (κ1) is 15.0. The maximum Gasteiger partial charge on any atom is 0.487 e. The highest BCUT2D eigenvalue weighted by Gasteiger charge is 2.50. The first-order chi connectivity index (χ1) is 9.25.